The molecule has 1 aromatic heterocycles. The van der Waals surface area contributed by atoms with Crippen molar-refractivity contribution < 1.29 is 13.2 Å². The van der Waals surface area contributed by atoms with E-state index in [0.717, 1.165) is 49.3 Å². The van der Waals surface area contributed by atoms with E-state index in [1.54, 1.807) is 19.2 Å². The number of rotatable bonds is 4. The van der Waals surface area contributed by atoms with Gasteiger partial charge in [0.15, 0.2) is 9.84 Å². The Morgan fingerprint density at radius 3 is 2.63 bits per heavy atom. The molecule has 1 atom stereocenters. The van der Waals surface area contributed by atoms with E-state index >= 15 is 0 Å². The average Bonchev–Trinajstić information content (AvgIpc) is 2.85. The predicted octanol–water partition coefficient (Wildman–Crippen LogP) is 2.90. The summed E-state index contributed by atoms with van der Waals surface area (Å²) in [7, 11) is -1.73. The van der Waals surface area contributed by atoms with Crippen LogP contribution < -0.4 is 15.4 Å². The summed E-state index contributed by atoms with van der Waals surface area (Å²) in [5.74, 6) is 1.63. The Labute approximate surface area is 160 Å². The Bertz CT molecular complexity index is 910. The van der Waals surface area contributed by atoms with Gasteiger partial charge in [-0.15, -0.1) is 0 Å². The van der Waals surface area contributed by atoms with Crippen LogP contribution in [0.15, 0.2) is 29.2 Å². The molecule has 27 heavy (non-hydrogen) atoms. The van der Waals surface area contributed by atoms with Crippen molar-refractivity contribution in [3.63, 3.8) is 0 Å². The van der Waals surface area contributed by atoms with E-state index in [4.69, 9.17) is 10.5 Å². The van der Waals surface area contributed by atoms with Gasteiger partial charge in [-0.05, 0) is 31.9 Å². The molecule has 1 aromatic carbocycles. The predicted molar refractivity (Wildman–Crippen MR) is 106 cm³/mol. The molecule has 2 N–H and O–H groups in total. The van der Waals surface area contributed by atoms with Crippen LogP contribution in [0.2, 0.25) is 0 Å². The molecule has 1 aliphatic heterocycles. The van der Waals surface area contributed by atoms with Crippen LogP contribution in [0, 0.1) is 6.92 Å². The van der Waals surface area contributed by atoms with Gasteiger partial charge in [-0.1, -0.05) is 18.9 Å². The van der Waals surface area contributed by atoms with Crippen molar-refractivity contribution in [2.45, 2.75) is 43.5 Å². The zero-order valence-corrected chi connectivity index (χ0v) is 16.8. The Kier molecular flexibility index (Phi) is 5.55. The number of nitrogen functional groups attached to an aromatic ring is 1. The van der Waals surface area contributed by atoms with Crippen molar-refractivity contribution in [3.05, 3.63) is 35.5 Å². The molecule has 2 heterocycles. The Morgan fingerprint density at radius 2 is 1.96 bits per heavy atom. The Morgan fingerprint density at radius 1 is 1.19 bits per heavy atom. The fraction of sp³-hybridized carbons (Fsp3) is 0.474. The van der Waals surface area contributed by atoms with Crippen LogP contribution in [0.25, 0.3) is 0 Å². The van der Waals surface area contributed by atoms with Gasteiger partial charge < -0.3 is 15.4 Å². The quantitative estimate of drug-likeness (QED) is 0.857. The van der Waals surface area contributed by atoms with Gasteiger partial charge in [0.25, 0.3) is 0 Å². The standard InChI is InChI=1S/C19H26N4O3S/c1-13-11-18(22-19(20)21-13)23-10-6-4-5-7-16(23)15-9-8-14(27(3,24)25)12-17(15)26-2/h8-9,11-12,16H,4-7,10H2,1-3H3,(H2,20,21,22)/t16-/m0/s1. The first-order chi connectivity index (χ1) is 12.8. The van der Waals surface area contributed by atoms with E-state index in [1.807, 2.05) is 19.1 Å². The molecule has 146 valence electrons. The van der Waals surface area contributed by atoms with E-state index < -0.39 is 9.84 Å². The van der Waals surface area contributed by atoms with E-state index in [2.05, 4.69) is 14.9 Å². The molecule has 0 radical (unpaired) electrons. The van der Waals surface area contributed by atoms with Gasteiger partial charge in [0.1, 0.15) is 11.6 Å². The van der Waals surface area contributed by atoms with E-state index in [0.29, 0.717) is 5.75 Å². The van der Waals surface area contributed by atoms with Crippen molar-refractivity contribution in [1.29, 1.82) is 0 Å². The van der Waals surface area contributed by atoms with Crippen LogP contribution in [0.3, 0.4) is 0 Å². The normalized spacial score (nSPS) is 18.2. The number of nitrogens with two attached hydrogens (primary N) is 1. The van der Waals surface area contributed by atoms with Gasteiger partial charge >= 0.3 is 0 Å². The maximum absolute atomic E-state index is 11.9. The first kappa shape index (κ1) is 19.4. The van der Waals surface area contributed by atoms with Gasteiger partial charge in [-0.2, -0.15) is 4.98 Å². The highest BCUT2D eigenvalue weighted by molar-refractivity contribution is 7.90. The summed E-state index contributed by atoms with van der Waals surface area (Å²) in [6, 6.07) is 7.08. The average molecular weight is 391 g/mol. The summed E-state index contributed by atoms with van der Waals surface area (Å²) < 4.78 is 29.4. The number of aromatic nitrogens is 2. The van der Waals surface area contributed by atoms with Gasteiger partial charge in [0.2, 0.25) is 5.95 Å². The number of sulfone groups is 1. The van der Waals surface area contributed by atoms with Crippen LogP contribution in [-0.4, -0.2) is 38.3 Å². The molecule has 2 aromatic rings. The first-order valence-electron chi connectivity index (χ1n) is 9.05. The second-order valence-corrected chi connectivity index (χ2v) is 8.98. The van der Waals surface area contributed by atoms with E-state index in [9.17, 15) is 8.42 Å². The van der Waals surface area contributed by atoms with Crippen molar-refractivity contribution in [3.8, 4) is 5.75 Å². The zero-order valence-electron chi connectivity index (χ0n) is 16.0. The number of methoxy groups -OCH3 is 1. The minimum Gasteiger partial charge on any atom is -0.496 e. The van der Waals surface area contributed by atoms with E-state index in [-0.39, 0.29) is 16.9 Å². The van der Waals surface area contributed by atoms with Gasteiger partial charge in [0.05, 0.1) is 18.0 Å². The molecule has 1 fully saturated rings. The molecule has 0 spiro atoms. The van der Waals surface area contributed by atoms with Gasteiger partial charge in [0, 0.05) is 30.1 Å². The molecule has 8 heteroatoms. The number of aryl methyl sites for hydroxylation is 1. The molecule has 0 unspecified atom stereocenters. The minimum atomic E-state index is -3.30. The monoisotopic (exact) mass is 390 g/mol. The molecule has 0 amide bonds. The largest absolute Gasteiger partial charge is 0.496 e. The number of hydrogen-bond acceptors (Lipinski definition) is 7. The Hall–Kier alpha value is -2.35. The second-order valence-electron chi connectivity index (χ2n) is 6.96. The van der Waals surface area contributed by atoms with Crippen LogP contribution in [0.1, 0.15) is 43.0 Å². The zero-order chi connectivity index (χ0) is 19.6. The summed E-state index contributed by atoms with van der Waals surface area (Å²) in [6.07, 6.45) is 5.40. The topological polar surface area (TPSA) is 98.4 Å². The van der Waals surface area contributed by atoms with E-state index in [1.165, 1.54) is 6.26 Å². The molecule has 1 saturated heterocycles. The molecule has 3 rings (SSSR count). The lowest BCUT2D eigenvalue weighted by molar-refractivity contribution is 0.401. The van der Waals surface area contributed by atoms with Gasteiger partial charge in [-0.3, -0.25) is 0 Å². The smallest absolute Gasteiger partial charge is 0.222 e. The molecular weight excluding hydrogens is 364 g/mol. The summed E-state index contributed by atoms with van der Waals surface area (Å²) in [4.78, 5) is 11.1. The molecular formula is C19H26N4O3S. The lowest BCUT2D eigenvalue weighted by atomic mass is 9.99. The fourth-order valence-electron chi connectivity index (χ4n) is 3.62. The third kappa shape index (κ3) is 4.32. The second kappa shape index (κ2) is 7.72. The van der Waals surface area contributed by atoms with Crippen molar-refractivity contribution >= 4 is 21.6 Å². The van der Waals surface area contributed by atoms with Crippen molar-refractivity contribution in [2.24, 2.45) is 0 Å². The number of benzene rings is 1. The van der Waals surface area contributed by atoms with Crippen molar-refractivity contribution in [2.75, 3.05) is 30.5 Å². The first-order valence-corrected chi connectivity index (χ1v) is 10.9. The Balaban J connectivity index is 2.08. The maximum Gasteiger partial charge on any atom is 0.222 e. The van der Waals surface area contributed by atoms with Crippen LogP contribution >= 0.6 is 0 Å². The number of ether oxygens (including phenoxy) is 1. The highest BCUT2D eigenvalue weighted by Crippen LogP contribution is 2.38. The number of nitrogens with zero attached hydrogens (tertiary/aromatic N) is 3. The third-order valence-electron chi connectivity index (χ3n) is 4.90. The SMILES string of the molecule is COc1cc(S(C)(=O)=O)ccc1[C@@H]1CCCCCN1c1cc(C)nc(N)n1. The maximum atomic E-state index is 11.9. The highest BCUT2D eigenvalue weighted by atomic mass is 32.2. The summed E-state index contributed by atoms with van der Waals surface area (Å²) in [5.41, 5.74) is 7.65. The number of anilines is 2. The molecule has 0 bridgehead atoms. The molecule has 0 aliphatic carbocycles. The fourth-order valence-corrected chi connectivity index (χ4v) is 4.26. The summed E-state index contributed by atoms with van der Waals surface area (Å²) in [6.45, 7) is 2.74. The van der Waals surface area contributed by atoms with Crippen molar-refractivity contribution in [1.82, 2.24) is 9.97 Å². The summed E-state index contributed by atoms with van der Waals surface area (Å²) in [5, 5.41) is 0. The van der Waals surface area contributed by atoms with Crippen LogP contribution in [0.5, 0.6) is 5.75 Å². The lowest BCUT2D eigenvalue weighted by Gasteiger charge is -2.32. The van der Waals surface area contributed by atoms with Gasteiger partial charge in [-0.25, -0.2) is 13.4 Å². The summed E-state index contributed by atoms with van der Waals surface area (Å²) >= 11 is 0. The minimum absolute atomic E-state index is 0.0322. The highest BCUT2D eigenvalue weighted by Gasteiger charge is 2.27. The lowest BCUT2D eigenvalue weighted by Crippen LogP contribution is -2.30. The van der Waals surface area contributed by atoms with Crippen LogP contribution in [-0.2, 0) is 9.84 Å². The molecule has 0 saturated carbocycles. The molecule has 1 aliphatic rings. The van der Waals surface area contributed by atoms with Crippen LogP contribution in [0.4, 0.5) is 11.8 Å². The number of hydrogen-bond donors (Lipinski definition) is 1. The third-order valence-corrected chi connectivity index (χ3v) is 6.01. The molecule has 7 nitrogen and oxygen atoms in total.